The Kier molecular flexibility index (Phi) is 8.20. The smallest absolute Gasteiger partial charge is 0.179 e. The zero-order chi connectivity index (χ0) is 18.2. The van der Waals surface area contributed by atoms with E-state index in [1.807, 2.05) is 20.2 Å². The number of anilines is 1. The van der Waals surface area contributed by atoms with Crippen molar-refractivity contribution in [3.05, 3.63) is 66.3 Å². The number of nitrogens with zero attached hydrogens (tertiary/aromatic N) is 2. The van der Waals surface area contributed by atoms with Crippen LogP contribution in [0.15, 0.2) is 71.2 Å². The molecule has 0 saturated carbocycles. The fourth-order valence-electron chi connectivity index (χ4n) is 1.74. The molecule has 0 fully saturated rings. The Labute approximate surface area is 148 Å². The van der Waals surface area contributed by atoms with Gasteiger partial charge < -0.3 is 4.90 Å². The molecule has 0 aliphatic heterocycles. The van der Waals surface area contributed by atoms with E-state index in [0.717, 1.165) is 11.4 Å². The van der Waals surface area contributed by atoms with Gasteiger partial charge in [0, 0.05) is 41.7 Å². The highest BCUT2D eigenvalue weighted by molar-refractivity contribution is 8.03. The van der Waals surface area contributed by atoms with Gasteiger partial charge >= 0.3 is 0 Å². The predicted molar refractivity (Wildman–Crippen MR) is 82.4 cm³/mol. The van der Waals surface area contributed by atoms with Crippen molar-refractivity contribution in [3.63, 3.8) is 0 Å². The number of thioether (sulfide) groups is 1. The third-order valence-electron chi connectivity index (χ3n) is 2.75. The summed E-state index contributed by atoms with van der Waals surface area (Å²) in [6.07, 6.45) is 4.18. The normalized spacial score (nSPS) is 10.6. The largest absolute Gasteiger partial charge is 0.377 e. The van der Waals surface area contributed by atoms with Crippen LogP contribution >= 0.6 is 11.8 Å². The van der Waals surface area contributed by atoms with Crippen LogP contribution in [0.2, 0.25) is 0 Å². The molecule has 8 heteroatoms. The lowest BCUT2D eigenvalue weighted by molar-refractivity contribution is -2.00. The molecule has 0 aliphatic rings. The molecule has 0 atom stereocenters. The van der Waals surface area contributed by atoms with Gasteiger partial charge in [0.15, 0.2) is 18.9 Å². The second kappa shape index (κ2) is 9.63. The molecule has 0 unspecified atom stereocenters. The fraction of sp³-hybridized carbons (Fsp3) is 0.188. The van der Waals surface area contributed by atoms with Crippen LogP contribution < -0.4 is 28.1 Å². The molecule has 0 aliphatic carbocycles. The van der Waals surface area contributed by atoms with Gasteiger partial charge in [-0.25, -0.2) is 23.2 Å². The van der Waals surface area contributed by atoms with Crippen LogP contribution in [0, 0.1) is 10.2 Å². The molecule has 130 valence electrons. The Morgan fingerprint density at radius 1 is 1.04 bits per heavy atom. The molecule has 0 bridgehead atoms. The van der Waals surface area contributed by atoms with Crippen molar-refractivity contribution in [2.45, 2.75) is 11.4 Å². The predicted octanol–water partition coefficient (Wildman–Crippen LogP) is -1.41. The lowest BCUT2D eigenvalue weighted by Gasteiger charge is -2.17. The molecule has 24 heavy (non-hydrogen) atoms. The van der Waals surface area contributed by atoms with E-state index in [9.17, 15) is 0 Å². The summed E-state index contributed by atoms with van der Waals surface area (Å²) in [4.78, 5) is 4.46. The van der Waals surface area contributed by atoms with E-state index in [1.54, 1.807) is 11.8 Å². The standard InChI is InChI=1S/C16H19N2S.ClHO4/c1-14(19-16-7-5-4-6-8-16)13-18-11-9-15(10-12-18)17(2)3;2-1(3,4)5/h4-12H,1,13H2,2-3H3;(H,2,3,4,5)/q+1;/p-1. The van der Waals surface area contributed by atoms with Crippen LogP contribution in [0.25, 0.3) is 0 Å². The van der Waals surface area contributed by atoms with E-state index in [2.05, 4.69) is 64.8 Å². The Balaban J connectivity index is 0.000000505. The van der Waals surface area contributed by atoms with Gasteiger partial charge in [0.25, 0.3) is 0 Å². The van der Waals surface area contributed by atoms with E-state index in [-0.39, 0.29) is 0 Å². The third-order valence-corrected chi connectivity index (χ3v) is 3.68. The molecule has 1 heterocycles. The molecular formula is C16H19ClN2O4S. The second-order valence-electron chi connectivity index (χ2n) is 4.95. The molecule has 2 rings (SSSR count). The van der Waals surface area contributed by atoms with Crippen molar-refractivity contribution in [2.24, 2.45) is 0 Å². The van der Waals surface area contributed by atoms with Crippen molar-refractivity contribution >= 4 is 17.4 Å². The van der Waals surface area contributed by atoms with Crippen molar-refractivity contribution < 1.29 is 33.4 Å². The number of halogens is 1. The molecule has 1 aromatic carbocycles. The van der Waals surface area contributed by atoms with Gasteiger partial charge in [0.1, 0.15) is 0 Å². The monoisotopic (exact) mass is 370 g/mol. The maximum atomic E-state index is 8.49. The summed E-state index contributed by atoms with van der Waals surface area (Å²) >= 11 is 1.72. The average molecular weight is 371 g/mol. The molecule has 1 aromatic heterocycles. The van der Waals surface area contributed by atoms with Gasteiger partial charge in [0.2, 0.25) is 0 Å². The Hall–Kier alpha value is -1.61. The lowest BCUT2D eigenvalue weighted by Crippen LogP contribution is -2.68. The number of benzene rings is 1. The van der Waals surface area contributed by atoms with Gasteiger partial charge in [-0.2, -0.15) is 0 Å². The average Bonchev–Trinajstić information content (AvgIpc) is 2.47. The fourth-order valence-corrected chi connectivity index (χ4v) is 2.58. The summed E-state index contributed by atoms with van der Waals surface area (Å²) in [7, 11) is -0.853. The molecule has 6 nitrogen and oxygen atoms in total. The highest BCUT2D eigenvalue weighted by Crippen LogP contribution is 2.24. The van der Waals surface area contributed by atoms with Crippen molar-refractivity contribution in [1.82, 2.24) is 0 Å². The van der Waals surface area contributed by atoms with Crippen LogP contribution in [-0.4, -0.2) is 14.1 Å². The molecule has 2 aromatic rings. The molecule has 0 radical (unpaired) electrons. The first-order chi connectivity index (χ1) is 11.1. The maximum absolute atomic E-state index is 8.49. The Morgan fingerprint density at radius 3 is 2.00 bits per heavy atom. The number of pyridine rings is 1. The summed E-state index contributed by atoms with van der Waals surface area (Å²) in [5, 5.41) is 0. The van der Waals surface area contributed by atoms with Gasteiger partial charge in [-0.1, -0.05) is 36.5 Å². The van der Waals surface area contributed by atoms with Crippen LogP contribution in [0.4, 0.5) is 5.69 Å². The second-order valence-corrected chi connectivity index (χ2v) is 6.96. The highest BCUT2D eigenvalue weighted by atomic mass is 35.7. The summed E-state index contributed by atoms with van der Waals surface area (Å²) < 4.78 is 36.1. The zero-order valence-corrected chi connectivity index (χ0v) is 15.0. The first kappa shape index (κ1) is 20.4. The number of hydrogen-bond acceptors (Lipinski definition) is 6. The van der Waals surface area contributed by atoms with Gasteiger partial charge in [-0.05, 0) is 12.1 Å². The number of aromatic nitrogens is 1. The topological polar surface area (TPSA) is 99.4 Å². The van der Waals surface area contributed by atoms with Crippen molar-refractivity contribution in [3.8, 4) is 0 Å². The SMILES string of the molecule is C=C(C[n+]1ccc(N(C)C)cc1)Sc1ccccc1.[O-][Cl+3]([O-])([O-])[O-]. The lowest BCUT2D eigenvalue weighted by atomic mass is 10.4. The number of allylic oxidation sites excluding steroid dienone is 1. The molecule has 0 amide bonds. The van der Waals surface area contributed by atoms with Crippen LogP contribution in [0.3, 0.4) is 0 Å². The first-order valence-corrected chi connectivity index (χ1v) is 8.89. The van der Waals surface area contributed by atoms with Crippen LogP contribution in [0.5, 0.6) is 0 Å². The van der Waals surface area contributed by atoms with E-state index >= 15 is 0 Å². The number of rotatable bonds is 5. The minimum atomic E-state index is -4.94. The molecule has 0 saturated heterocycles. The first-order valence-electron chi connectivity index (χ1n) is 6.84. The molecular weight excluding hydrogens is 352 g/mol. The minimum absolute atomic E-state index is 0.827. The van der Waals surface area contributed by atoms with Crippen molar-refractivity contribution in [1.29, 1.82) is 0 Å². The quantitative estimate of drug-likeness (QED) is 0.473. The third kappa shape index (κ3) is 9.51. The summed E-state index contributed by atoms with van der Waals surface area (Å²) in [5.74, 6) is 0. The Morgan fingerprint density at radius 2 is 1.54 bits per heavy atom. The summed E-state index contributed by atoms with van der Waals surface area (Å²) in [6.45, 7) is 4.96. The molecule has 0 N–H and O–H groups in total. The van der Waals surface area contributed by atoms with Gasteiger partial charge in [0.05, 0.1) is 0 Å². The van der Waals surface area contributed by atoms with E-state index in [0.29, 0.717) is 0 Å². The summed E-state index contributed by atoms with van der Waals surface area (Å²) in [5.41, 5.74) is 1.21. The summed E-state index contributed by atoms with van der Waals surface area (Å²) in [6, 6.07) is 14.6. The zero-order valence-electron chi connectivity index (χ0n) is 13.4. The van der Waals surface area contributed by atoms with E-state index < -0.39 is 10.2 Å². The minimum Gasteiger partial charge on any atom is -0.377 e. The number of hydrogen-bond donors (Lipinski definition) is 0. The van der Waals surface area contributed by atoms with Crippen LogP contribution in [-0.2, 0) is 6.54 Å². The Bertz CT molecular complexity index is 625. The van der Waals surface area contributed by atoms with Gasteiger partial charge in [-0.15, -0.1) is 10.2 Å². The van der Waals surface area contributed by atoms with Crippen molar-refractivity contribution in [2.75, 3.05) is 19.0 Å². The molecule has 0 spiro atoms. The van der Waals surface area contributed by atoms with Gasteiger partial charge in [-0.3, -0.25) is 0 Å². The van der Waals surface area contributed by atoms with Crippen LogP contribution in [0.1, 0.15) is 0 Å². The highest BCUT2D eigenvalue weighted by Gasteiger charge is 2.06. The van der Waals surface area contributed by atoms with E-state index in [4.69, 9.17) is 18.6 Å². The maximum Gasteiger partial charge on any atom is 0.179 e. The van der Waals surface area contributed by atoms with E-state index in [1.165, 1.54) is 10.6 Å².